The number of carbonyl (C=O) groups excluding carboxylic acids is 1. The van der Waals surface area contributed by atoms with Crippen LogP contribution in [-0.2, 0) is 21.8 Å². The second kappa shape index (κ2) is 6.74. The fraction of sp³-hybridized carbons (Fsp3) is 0.455. The Morgan fingerprint density at radius 1 is 1.45 bits per heavy atom. The third-order valence-corrected chi connectivity index (χ3v) is 2.41. The Balaban J connectivity index is 3.18. The number of esters is 1. The molecule has 0 unspecified atom stereocenters. The maximum atomic E-state index is 13.3. The second-order valence-corrected chi connectivity index (χ2v) is 3.81. The lowest BCUT2D eigenvalue weighted by Gasteiger charge is -2.16. The normalized spacial score (nSPS) is 11.3. The van der Waals surface area contributed by atoms with Gasteiger partial charge in [0.2, 0.25) is 5.95 Å². The largest absolute Gasteiger partial charge is 0.573 e. The fourth-order valence-corrected chi connectivity index (χ4v) is 1.64. The van der Waals surface area contributed by atoms with Gasteiger partial charge in [0.25, 0.3) is 0 Å². The van der Waals surface area contributed by atoms with Gasteiger partial charge in [-0.15, -0.1) is 24.8 Å². The van der Waals surface area contributed by atoms with E-state index in [1.807, 2.05) is 0 Å². The van der Waals surface area contributed by atoms with E-state index in [1.54, 1.807) is 0 Å². The summed E-state index contributed by atoms with van der Waals surface area (Å²) in [6, 6.07) is 0. The molecule has 112 valence electrons. The van der Waals surface area contributed by atoms with Crippen molar-refractivity contribution in [2.24, 2.45) is 0 Å². The minimum Gasteiger partial charge on any atom is -0.466 e. The van der Waals surface area contributed by atoms with Crippen molar-refractivity contribution in [1.29, 1.82) is 0 Å². The minimum absolute atomic E-state index is 0.0608. The number of halogens is 5. The first-order valence-corrected chi connectivity index (χ1v) is 5.95. The third-order valence-electron chi connectivity index (χ3n) is 2.14. The van der Waals surface area contributed by atoms with Crippen LogP contribution in [0.2, 0.25) is 0 Å². The zero-order valence-corrected chi connectivity index (χ0v) is 11.0. The molecule has 0 N–H and O–H groups in total. The number of rotatable bonds is 5. The first-order chi connectivity index (χ1) is 9.28. The molecule has 0 atom stereocenters. The number of aromatic nitrogens is 1. The standard InChI is InChI=1S/C11H10ClF4NO3/c1-2-19-8(18)3-6-5-17-10(13)7(4-12)9(6)20-11(14,15)16/h5H,2-4H2,1H3. The Morgan fingerprint density at radius 3 is 2.60 bits per heavy atom. The van der Waals surface area contributed by atoms with Crippen molar-refractivity contribution < 1.29 is 31.8 Å². The summed E-state index contributed by atoms with van der Waals surface area (Å²) in [6.07, 6.45) is -4.79. The highest BCUT2D eigenvalue weighted by Crippen LogP contribution is 2.32. The molecular weight excluding hydrogens is 306 g/mol. The van der Waals surface area contributed by atoms with Crippen molar-refractivity contribution in [2.75, 3.05) is 6.61 Å². The summed E-state index contributed by atoms with van der Waals surface area (Å²) >= 11 is 5.39. The number of pyridine rings is 1. The lowest BCUT2D eigenvalue weighted by atomic mass is 10.1. The Hall–Kier alpha value is -1.57. The molecule has 0 spiro atoms. The van der Waals surface area contributed by atoms with Gasteiger partial charge in [0.15, 0.2) is 0 Å². The molecule has 0 saturated carbocycles. The predicted octanol–water partition coefficient (Wildman–Crippen LogP) is 2.96. The van der Waals surface area contributed by atoms with Gasteiger partial charge in [-0.2, -0.15) is 4.39 Å². The van der Waals surface area contributed by atoms with Gasteiger partial charge in [-0.1, -0.05) is 0 Å². The molecule has 1 heterocycles. The number of carbonyl (C=O) groups is 1. The number of alkyl halides is 4. The molecule has 1 aromatic rings. The van der Waals surface area contributed by atoms with Gasteiger partial charge in [0, 0.05) is 11.8 Å². The first kappa shape index (κ1) is 16.5. The molecule has 0 fully saturated rings. The van der Waals surface area contributed by atoms with Crippen LogP contribution in [0.25, 0.3) is 0 Å². The van der Waals surface area contributed by atoms with Crippen molar-refractivity contribution in [3.05, 3.63) is 23.3 Å². The smallest absolute Gasteiger partial charge is 0.466 e. The fourth-order valence-electron chi connectivity index (χ4n) is 1.41. The van der Waals surface area contributed by atoms with Crippen LogP contribution < -0.4 is 4.74 Å². The van der Waals surface area contributed by atoms with Gasteiger partial charge < -0.3 is 9.47 Å². The van der Waals surface area contributed by atoms with Crippen molar-refractivity contribution in [1.82, 2.24) is 4.98 Å². The van der Waals surface area contributed by atoms with E-state index in [0.717, 1.165) is 6.20 Å². The summed E-state index contributed by atoms with van der Waals surface area (Å²) in [6.45, 7) is 1.60. The lowest BCUT2D eigenvalue weighted by Crippen LogP contribution is -2.21. The molecule has 4 nitrogen and oxygen atoms in total. The summed E-state index contributed by atoms with van der Waals surface area (Å²) in [7, 11) is 0. The molecule has 0 bridgehead atoms. The molecule has 1 rings (SSSR count). The van der Waals surface area contributed by atoms with Gasteiger partial charge in [-0.3, -0.25) is 4.79 Å². The Morgan fingerprint density at radius 2 is 2.10 bits per heavy atom. The third kappa shape index (κ3) is 4.52. The highest BCUT2D eigenvalue weighted by Gasteiger charge is 2.34. The molecule has 20 heavy (non-hydrogen) atoms. The monoisotopic (exact) mass is 315 g/mol. The topological polar surface area (TPSA) is 48.4 Å². The van der Waals surface area contributed by atoms with Crippen LogP contribution in [-0.4, -0.2) is 23.9 Å². The van der Waals surface area contributed by atoms with E-state index in [9.17, 15) is 22.4 Å². The van der Waals surface area contributed by atoms with E-state index in [2.05, 4.69) is 14.5 Å². The van der Waals surface area contributed by atoms with Crippen LogP contribution >= 0.6 is 11.6 Å². The molecule has 0 amide bonds. The molecule has 0 aliphatic carbocycles. The van der Waals surface area contributed by atoms with E-state index in [1.165, 1.54) is 6.92 Å². The molecule has 0 aliphatic rings. The summed E-state index contributed by atoms with van der Waals surface area (Å²) in [5, 5.41) is 0. The number of nitrogens with zero attached hydrogens (tertiary/aromatic N) is 1. The Bertz CT molecular complexity index is 493. The van der Waals surface area contributed by atoms with E-state index >= 15 is 0 Å². The average molecular weight is 316 g/mol. The second-order valence-electron chi connectivity index (χ2n) is 3.55. The van der Waals surface area contributed by atoms with Gasteiger partial charge in [0.1, 0.15) is 5.75 Å². The minimum atomic E-state index is -5.04. The maximum Gasteiger partial charge on any atom is 0.573 e. The molecule has 9 heteroatoms. The van der Waals surface area contributed by atoms with Crippen molar-refractivity contribution in [2.45, 2.75) is 25.6 Å². The van der Waals surface area contributed by atoms with Gasteiger partial charge in [0.05, 0.1) is 24.5 Å². The van der Waals surface area contributed by atoms with Crippen molar-refractivity contribution in [3.63, 3.8) is 0 Å². The Kier molecular flexibility index (Phi) is 5.55. The summed E-state index contributed by atoms with van der Waals surface area (Å²) in [4.78, 5) is 14.5. The zero-order chi connectivity index (χ0) is 15.3. The molecule has 0 radical (unpaired) electrons. The molecule has 0 aromatic carbocycles. The average Bonchev–Trinajstić information content (AvgIpc) is 2.31. The number of hydrogen-bond donors (Lipinski definition) is 0. The van der Waals surface area contributed by atoms with Crippen LogP contribution in [0, 0.1) is 5.95 Å². The Labute approximate surface area is 116 Å². The molecular formula is C11H10ClF4NO3. The van der Waals surface area contributed by atoms with Gasteiger partial charge >= 0.3 is 12.3 Å². The van der Waals surface area contributed by atoms with Gasteiger partial charge in [-0.05, 0) is 6.92 Å². The molecule has 1 aromatic heterocycles. The van der Waals surface area contributed by atoms with E-state index in [-0.39, 0.29) is 12.2 Å². The van der Waals surface area contributed by atoms with Crippen LogP contribution in [0.15, 0.2) is 6.20 Å². The van der Waals surface area contributed by atoms with Crippen LogP contribution in [0.5, 0.6) is 5.75 Å². The number of hydrogen-bond acceptors (Lipinski definition) is 4. The summed E-state index contributed by atoms with van der Waals surface area (Å²) in [5.74, 6) is -3.41. The predicted molar refractivity (Wildman–Crippen MR) is 60.8 cm³/mol. The van der Waals surface area contributed by atoms with Crippen LogP contribution in [0.1, 0.15) is 18.1 Å². The quantitative estimate of drug-likeness (QED) is 0.363. The van der Waals surface area contributed by atoms with Crippen molar-refractivity contribution >= 4 is 17.6 Å². The van der Waals surface area contributed by atoms with E-state index in [4.69, 9.17) is 11.6 Å². The van der Waals surface area contributed by atoms with E-state index < -0.39 is 41.9 Å². The highest BCUT2D eigenvalue weighted by molar-refractivity contribution is 6.17. The SMILES string of the molecule is CCOC(=O)Cc1cnc(F)c(CCl)c1OC(F)(F)F. The number of ether oxygens (including phenoxy) is 2. The van der Waals surface area contributed by atoms with Crippen LogP contribution in [0.3, 0.4) is 0 Å². The zero-order valence-electron chi connectivity index (χ0n) is 10.3. The van der Waals surface area contributed by atoms with Crippen LogP contribution in [0.4, 0.5) is 17.6 Å². The first-order valence-electron chi connectivity index (χ1n) is 5.42. The van der Waals surface area contributed by atoms with Crippen molar-refractivity contribution in [3.8, 4) is 5.75 Å². The lowest BCUT2D eigenvalue weighted by molar-refractivity contribution is -0.275. The van der Waals surface area contributed by atoms with E-state index in [0.29, 0.717) is 0 Å². The highest BCUT2D eigenvalue weighted by atomic mass is 35.5. The maximum absolute atomic E-state index is 13.3. The molecule has 0 saturated heterocycles. The summed E-state index contributed by atoms with van der Waals surface area (Å²) in [5.41, 5.74) is -0.816. The molecule has 0 aliphatic heterocycles. The van der Waals surface area contributed by atoms with Gasteiger partial charge in [-0.25, -0.2) is 4.98 Å². The summed E-state index contributed by atoms with van der Waals surface area (Å²) < 4.78 is 58.7.